The second-order valence-electron chi connectivity index (χ2n) is 5.88. The van der Waals surface area contributed by atoms with Gasteiger partial charge in [0.15, 0.2) is 0 Å². The summed E-state index contributed by atoms with van der Waals surface area (Å²) in [6.45, 7) is 4.74. The number of allylic oxidation sites excluding steroid dienone is 3. The Morgan fingerprint density at radius 1 is 1.43 bits per heavy atom. The first-order chi connectivity index (χ1) is 10.9. The lowest BCUT2D eigenvalue weighted by molar-refractivity contribution is -0.403. The van der Waals surface area contributed by atoms with Crippen LogP contribution in [0, 0.1) is 10.1 Å². The van der Waals surface area contributed by atoms with E-state index in [0.29, 0.717) is 25.9 Å². The van der Waals surface area contributed by atoms with Crippen LogP contribution in [0.2, 0.25) is 0 Å². The van der Waals surface area contributed by atoms with E-state index < -0.39 is 10.9 Å². The topological polar surface area (TPSA) is 78.7 Å². The first-order valence-corrected chi connectivity index (χ1v) is 7.79. The van der Waals surface area contributed by atoms with E-state index in [1.807, 2.05) is 19.9 Å². The molecule has 6 heteroatoms. The van der Waals surface area contributed by atoms with Gasteiger partial charge < -0.3 is 9.47 Å². The van der Waals surface area contributed by atoms with Crippen LogP contribution in [-0.4, -0.2) is 30.7 Å². The van der Waals surface area contributed by atoms with Gasteiger partial charge in [-0.15, -0.1) is 0 Å². The summed E-state index contributed by atoms with van der Waals surface area (Å²) in [6.07, 6.45) is 8.09. The van der Waals surface area contributed by atoms with Crippen molar-refractivity contribution in [1.29, 1.82) is 0 Å². The van der Waals surface area contributed by atoms with Gasteiger partial charge in [0.2, 0.25) is 6.20 Å². The van der Waals surface area contributed by atoms with Crippen LogP contribution in [0.3, 0.4) is 0 Å². The number of nitrogens with zero attached hydrogens (tertiary/aromatic N) is 1. The van der Waals surface area contributed by atoms with Gasteiger partial charge in [-0.2, -0.15) is 0 Å². The summed E-state index contributed by atoms with van der Waals surface area (Å²) in [6, 6.07) is 0. The molecular weight excluding hydrogens is 298 g/mol. The van der Waals surface area contributed by atoms with Gasteiger partial charge in [0.1, 0.15) is 11.7 Å². The Bertz CT molecular complexity index is 515. The third-order valence-electron chi connectivity index (χ3n) is 3.52. The number of methoxy groups -OCH3 is 1. The van der Waals surface area contributed by atoms with E-state index in [2.05, 4.69) is 6.08 Å². The molecule has 1 aliphatic heterocycles. The van der Waals surface area contributed by atoms with Crippen molar-refractivity contribution >= 4 is 5.97 Å². The third kappa shape index (κ3) is 7.74. The Morgan fingerprint density at radius 3 is 2.74 bits per heavy atom. The minimum Gasteiger partial charge on any atom is -0.459 e. The highest BCUT2D eigenvalue weighted by molar-refractivity contribution is 5.88. The molecule has 0 aromatic heterocycles. The first-order valence-electron chi connectivity index (χ1n) is 7.79. The van der Waals surface area contributed by atoms with Crippen LogP contribution in [0.5, 0.6) is 0 Å². The fourth-order valence-electron chi connectivity index (χ4n) is 2.37. The second kappa shape index (κ2) is 9.94. The molecule has 1 atom stereocenters. The highest BCUT2D eigenvalue weighted by atomic mass is 16.6. The smallest absolute Gasteiger partial charge is 0.340 e. The molecule has 1 saturated heterocycles. The van der Waals surface area contributed by atoms with Gasteiger partial charge >= 0.3 is 5.97 Å². The maximum absolute atomic E-state index is 11.8. The van der Waals surface area contributed by atoms with Gasteiger partial charge in [0.05, 0.1) is 4.92 Å². The number of hydrogen-bond acceptors (Lipinski definition) is 5. The molecule has 0 N–H and O–H groups in total. The molecule has 1 heterocycles. The lowest BCUT2D eigenvalue weighted by Gasteiger charge is -2.24. The quantitative estimate of drug-likeness (QED) is 0.170. The zero-order valence-corrected chi connectivity index (χ0v) is 14.0. The van der Waals surface area contributed by atoms with Crippen molar-refractivity contribution in [2.75, 3.05) is 13.7 Å². The van der Waals surface area contributed by atoms with Crippen molar-refractivity contribution in [1.82, 2.24) is 0 Å². The molecule has 0 amide bonds. The number of carbonyl (C=O) groups excluding carboxylic acids is 1. The lowest BCUT2D eigenvalue weighted by atomic mass is 9.96. The number of esters is 1. The predicted octanol–water partition coefficient (Wildman–Crippen LogP) is 3.56. The van der Waals surface area contributed by atoms with Crippen molar-refractivity contribution < 1.29 is 19.2 Å². The van der Waals surface area contributed by atoms with Crippen molar-refractivity contribution in [3.05, 3.63) is 45.2 Å². The summed E-state index contributed by atoms with van der Waals surface area (Å²) < 4.78 is 10.4. The number of ether oxygens (including phenoxy) is 2. The van der Waals surface area contributed by atoms with E-state index in [4.69, 9.17) is 9.47 Å². The molecule has 0 bridgehead atoms. The average molecular weight is 323 g/mol. The SMILES string of the molecule is COCCC/C(=C\C=C(C)C)CC1CC/C(=C\[N+](=O)[O-])C(=O)O1. The fraction of sp³-hybridized carbons (Fsp3) is 0.588. The third-order valence-corrected chi connectivity index (χ3v) is 3.52. The Kier molecular flexibility index (Phi) is 8.26. The van der Waals surface area contributed by atoms with Crippen molar-refractivity contribution in [3.8, 4) is 0 Å². The van der Waals surface area contributed by atoms with Crippen molar-refractivity contribution in [2.24, 2.45) is 0 Å². The molecule has 1 unspecified atom stereocenters. The number of rotatable bonds is 8. The van der Waals surface area contributed by atoms with E-state index in [1.54, 1.807) is 7.11 Å². The van der Waals surface area contributed by atoms with Crippen LogP contribution >= 0.6 is 0 Å². The molecule has 1 fully saturated rings. The fourth-order valence-corrected chi connectivity index (χ4v) is 2.37. The molecule has 1 aliphatic rings. The van der Waals surface area contributed by atoms with Crippen LogP contribution in [-0.2, 0) is 14.3 Å². The molecular formula is C17H25NO5. The number of nitro groups is 1. The molecule has 23 heavy (non-hydrogen) atoms. The van der Waals surface area contributed by atoms with E-state index in [0.717, 1.165) is 19.0 Å². The van der Waals surface area contributed by atoms with Gasteiger partial charge in [0.25, 0.3) is 0 Å². The Hall–Kier alpha value is -1.95. The molecule has 6 nitrogen and oxygen atoms in total. The summed E-state index contributed by atoms with van der Waals surface area (Å²) in [7, 11) is 1.67. The van der Waals surface area contributed by atoms with Crippen LogP contribution in [0.25, 0.3) is 0 Å². The molecule has 0 aromatic rings. The molecule has 0 aliphatic carbocycles. The van der Waals surface area contributed by atoms with Gasteiger partial charge in [-0.1, -0.05) is 23.3 Å². The molecule has 0 radical (unpaired) electrons. The average Bonchev–Trinajstić information content (AvgIpc) is 2.47. The Balaban J connectivity index is 2.66. The van der Waals surface area contributed by atoms with Crippen molar-refractivity contribution in [2.45, 2.75) is 52.1 Å². The summed E-state index contributed by atoms with van der Waals surface area (Å²) in [4.78, 5) is 21.7. The predicted molar refractivity (Wildman–Crippen MR) is 87.4 cm³/mol. The minimum absolute atomic E-state index is 0.139. The standard InChI is InChI=1S/C17H25NO5/c1-13(2)6-7-14(5-4-10-22-3)11-16-9-8-15(12-18(20)21)17(19)23-16/h6-7,12,16H,4-5,8-11H2,1-3H3/b14-7+,15-12+. The van der Waals surface area contributed by atoms with Gasteiger partial charge in [0, 0.05) is 20.1 Å². The minimum atomic E-state index is -0.609. The molecule has 0 aromatic carbocycles. The van der Waals surface area contributed by atoms with Gasteiger partial charge in [-0.25, -0.2) is 4.79 Å². The van der Waals surface area contributed by atoms with E-state index in [9.17, 15) is 14.9 Å². The summed E-state index contributed by atoms with van der Waals surface area (Å²) in [5, 5.41) is 10.5. The number of carbonyl (C=O) groups is 1. The van der Waals surface area contributed by atoms with Crippen LogP contribution < -0.4 is 0 Å². The highest BCUT2D eigenvalue weighted by Gasteiger charge is 2.27. The van der Waals surface area contributed by atoms with Crippen LogP contribution in [0.4, 0.5) is 0 Å². The van der Waals surface area contributed by atoms with Crippen LogP contribution in [0.1, 0.15) is 46.0 Å². The van der Waals surface area contributed by atoms with Gasteiger partial charge in [-0.05, 0) is 39.5 Å². The second-order valence-corrected chi connectivity index (χ2v) is 5.88. The molecule has 0 saturated carbocycles. The number of hydrogen-bond donors (Lipinski definition) is 0. The zero-order valence-electron chi connectivity index (χ0n) is 14.0. The number of cyclic esters (lactones) is 1. The molecule has 128 valence electrons. The van der Waals surface area contributed by atoms with E-state index >= 15 is 0 Å². The zero-order chi connectivity index (χ0) is 17.2. The first kappa shape index (κ1) is 19.1. The highest BCUT2D eigenvalue weighted by Crippen LogP contribution is 2.25. The van der Waals surface area contributed by atoms with E-state index in [1.165, 1.54) is 11.1 Å². The molecule has 0 spiro atoms. The summed E-state index contributed by atoms with van der Waals surface area (Å²) in [5.41, 5.74) is 2.54. The lowest BCUT2D eigenvalue weighted by Crippen LogP contribution is -2.26. The molecule has 1 rings (SSSR count). The Morgan fingerprint density at radius 2 is 2.17 bits per heavy atom. The van der Waals surface area contributed by atoms with Crippen LogP contribution in [0.15, 0.2) is 35.1 Å². The normalized spacial score (nSPS) is 20.3. The maximum atomic E-state index is 11.8. The summed E-state index contributed by atoms with van der Waals surface area (Å²) in [5.74, 6) is -0.573. The summed E-state index contributed by atoms with van der Waals surface area (Å²) >= 11 is 0. The van der Waals surface area contributed by atoms with Gasteiger partial charge in [-0.3, -0.25) is 10.1 Å². The largest absolute Gasteiger partial charge is 0.459 e. The van der Waals surface area contributed by atoms with Crippen molar-refractivity contribution in [3.63, 3.8) is 0 Å². The monoisotopic (exact) mass is 323 g/mol. The van der Waals surface area contributed by atoms with E-state index in [-0.39, 0.29) is 11.7 Å². The maximum Gasteiger partial charge on any atom is 0.340 e. The Labute approximate surface area is 137 Å².